The number of carbonyl (C=O) groups is 1. The molecular weight excluding hydrogens is 242 g/mol. The summed E-state index contributed by atoms with van der Waals surface area (Å²) in [6.07, 6.45) is 5.40. The van der Waals surface area contributed by atoms with E-state index in [9.17, 15) is 4.79 Å². The number of hydrogen-bond acceptors (Lipinski definition) is 4. The van der Waals surface area contributed by atoms with Crippen molar-refractivity contribution in [3.63, 3.8) is 0 Å². The first-order chi connectivity index (χ1) is 9.09. The normalized spacial score (nSPS) is 20.7. The summed E-state index contributed by atoms with van der Waals surface area (Å²) >= 11 is 0. The summed E-state index contributed by atoms with van der Waals surface area (Å²) in [6.45, 7) is 7.81. The van der Waals surface area contributed by atoms with Crippen LogP contribution in [0.1, 0.15) is 39.7 Å². The number of nitrogens with one attached hydrogen (secondary N) is 1. The molecule has 1 N–H and O–H groups in total. The van der Waals surface area contributed by atoms with E-state index in [0.29, 0.717) is 6.04 Å². The van der Waals surface area contributed by atoms with Gasteiger partial charge in [0.05, 0.1) is 0 Å². The van der Waals surface area contributed by atoms with Crippen LogP contribution in [0.5, 0.6) is 0 Å². The van der Waals surface area contributed by atoms with Crippen LogP contribution in [-0.4, -0.2) is 50.7 Å². The zero-order valence-electron chi connectivity index (χ0n) is 11.9. The lowest BCUT2D eigenvalue weighted by atomic mass is 10.1. The van der Waals surface area contributed by atoms with Crippen molar-refractivity contribution < 1.29 is 4.79 Å². The van der Waals surface area contributed by atoms with Gasteiger partial charge in [0.15, 0.2) is 0 Å². The van der Waals surface area contributed by atoms with Gasteiger partial charge in [0.1, 0.15) is 18.7 Å². The summed E-state index contributed by atoms with van der Waals surface area (Å²) in [4.78, 5) is 18.4. The maximum Gasteiger partial charge on any atom is 0.247 e. The lowest BCUT2D eigenvalue weighted by Gasteiger charge is -2.31. The van der Waals surface area contributed by atoms with Gasteiger partial charge in [-0.25, -0.2) is 9.67 Å². The molecule has 6 nitrogen and oxygen atoms in total. The van der Waals surface area contributed by atoms with Crippen LogP contribution in [0, 0.1) is 0 Å². The molecule has 2 unspecified atom stereocenters. The van der Waals surface area contributed by atoms with Gasteiger partial charge in [-0.15, -0.1) is 0 Å². The fourth-order valence-corrected chi connectivity index (χ4v) is 2.48. The zero-order valence-corrected chi connectivity index (χ0v) is 11.9. The number of rotatable bonds is 5. The Bertz CT molecular complexity index is 397. The molecule has 1 aromatic rings. The Morgan fingerprint density at radius 1 is 1.53 bits per heavy atom. The Morgan fingerprint density at radius 3 is 2.84 bits per heavy atom. The summed E-state index contributed by atoms with van der Waals surface area (Å²) in [5.41, 5.74) is 0. The topological polar surface area (TPSA) is 63.1 Å². The molecule has 1 amide bonds. The van der Waals surface area contributed by atoms with Crippen LogP contribution >= 0.6 is 0 Å². The van der Waals surface area contributed by atoms with Gasteiger partial charge in [-0.1, -0.05) is 0 Å². The van der Waals surface area contributed by atoms with E-state index < -0.39 is 0 Å². The third kappa shape index (κ3) is 3.32. The smallest absolute Gasteiger partial charge is 0.247 e. The standard InChI is InChI=1S/C13H23N5O/c1-10(2)17(7-12-5-4-6-15-12)13(19)11(3)18-9-14-8-16-18/h8-12,15H,4-7H2,1-3H3. The largest absolute Gasteiger partial charge is 0.337 e. The van der Waals surface area contributed by atoms with Crippen molar-refractivity contribution in [1.82, 2.24) is 25.0 Å². The minimum Gasteiger partial charge on any atom is -0.337 e. The van der Waals surface area contributed by atoms with E-state index in [2.05, 4.69) is 29.2 Å². The van der Waals surface area contributed by atoms with Crippen molar-refractivity contribution in [3.8, 4) is 0 Å². The third-order valence-electron chi connectivity index (χ3n) is 3.68. The predicted octanol–water partition coefficient (Wildman–Crippen LogP) is 0.828. The van der Waals surface area contributed by atoms with E-state index in [-0.39, 0.29) is 18.0 Å². The lowest BCUT2D eigenvalue weighted by Crippen LogP contribution is -2.47. The van der Waals surface area contributed by atoms with Crippen molar-refractivity contribution in [3.05, 3.63) is 12.7 Å². The number of hydrogen-bond donors (Lipinski definition) is 1. The Balaban J connectivity index is 2.03. The number of amides is 1. The Labute approximate surface area is 114 Å². The van der Waals surface area contributed by atoms with E-state index in [4.69, 9.17) is 0 Å². The molecule has 106 valence electrons. The molecule has 0 spiro atoms. The van der Waals surface area contributed by atoms with E-state index in [0.717, 1.165) is 19.5 Å². The van der Waals surface area contributed by atoms with Gasteiger partial charge in [0.25, 0.3) is 0 Å². The fraction of sp³-hybridized carbons (Fsp3) is 0.769. The Hall–Kier alpha value is -1.43. The molecule has 0 saturated carbocycles. The second kappa shape index (κ2) is 6.14. The van der Waals surface area contributed by atoms with Crippen molar-refractivity contribution in [2.75, 3.05) is 13.1 Å². The van der Waals surface area contributed by atoms with E-state index >= 15 is 0 Å². The third-order valence-corrected chi connectivity index (χ3v) is 3.68. The van der Waals surface area contributed by atoms with Crippen LogP contribution in [0.15, 0.2) is 12.7 Å². The molecule has 2 heterocycles. The minimum absolute atomic E-state index is 0.106. The van der Waals surface area contributed by atoms with Gasteiger partial charge in [-0.05, 0) is 40.2 Å². The average molecular weight is 265 g/mol. The summed E-state index contributed by atoms with van der Waals surface area (Å²) in [7, 11) is 0. The molecule has 1 saturated heterocycles. The van der Waals surface area contributed by atoms with Crippen molar-refractivity contribution >= 4 is 5.91 Å². The highest BCUT2D eigenvalue weighted by atomic mass is 16.2. The van der Waals surface area contributed by atoms with Crippen molar-refractivity contribution in [2.24, 2.45) is 0 Å². The average Bonchev–Trinajstić information content (AvgIpc) is 3.06. The molecule has 0 bridgehead atoms. The van der Waals surface area contributed by atoms with Crippen LogP contribution in [0.4, 0.5) is 0 Å². The quantitative estimate of drug-likeness (QED) is 0.856. The molecule has 2 rings (SSSR count). The van der Waals surface area contributed by atoms with Gasteiger partial charge in [-0.2, -0.15) is 5.10 Å². The van der Waals surface area contributed by atoms with Crippen LogP contribution in [-0.2, 0) is 4.79 Å². The van der Waals surface area contributed by atoms with E-state index in [1.807, 2.05) is 11.8 Å². The van der Waals surface area contributed by atoms with Gasteiger partial charge in [-0.3, -0.25) is 4.79 Å². The van der Waals surface area contributed by atoms with Crippen LogP contribution in [0.2, 0.25) is 0 Å². The van der Waals surface area contributed by atoms with E-state index in [1.165, 1.54) is 12.7 Å². The van der Waals surface area contributed by atoms with Crippen LogP contribution in [0.3, 0.4) is 0 Å². The second-order valence-corrected chi connectivity index (χ2v) is 5.43. The first-order valence-electron chi connectivity index (χ1n) is 6.97. The first kappa shape index (κ1) is 14.0. The molecule has 1 aliphatic rings. The zero-order chi connectivity index (χ0) is 13.8. The molecule has 1 aromatic heterocycles. The van der Waals surface area contributed by atoms with Gasteiger partial charge in [0, 0.05) is 18.6 Å². The molecule has 0 radical (unpaired) electrons. The number of carbonyl (C=O) groups excluding carboxylic acids is 1. The highest BCUT2D eigenvalue weighted by molar-refractivity contribution is 5.80. The van der Waals surface area contributed by atoms with Gasteiger partial charge in [0.2, 0.25) is 5.91 Å². The SMILES string of the molecule is CC(C)N(CC1CCCN1)C(=O)C(C)n1cncn1. The molecule has 0 aromatic carbocycles. The summed E-state index contributed by atoms with van der Waals surface area (Å²) in [5.74, 6) is 0.106. The molecular formula is C13H23N5O. The minimum atomic E-state index is -0.300. The van der Waals surface area contributed by atoms with E-state index in [1.54, 1.807) is 11.0 Å². The predicted molar refractivity (Wildman–Crippen MR) is 72.6 cm³/mol. The van der Waals surface area contributed by atoms with Crippen molar-refractivity contribution in [2.45, 2.75) is 51.7 Å². The monoisotopic (exact) mass is 265 g/mol. The maximum absolute atomic E-state index is 12.6. The summed E-state index contributed by atoms with van der Waals surface area (Å²) in [5, 5.41) is 7.50. The molecule has 1 fully saturated rings. The Morgan fingerprint density at radius 2 is 2.32 bits per heavy atom. The number of nitrogens with zero attached hydrogens (tertiary/aromatic N) is 4. The number of aromatic nitrogens is 3. The molecule has 2 atom stereocenters. The van der Waals surface area contributed by atoms with Gasteiger partial charge < -0.3 is 10.2 Å². The molecule has 19 heavy (non-hydrogen) atoms. The molecule has 6 heteroatoms. The fourth-order valence-electron chi connectivity index (χ4n) is 2.48. The maximum atomic E-state index is 12.6. The highest BCUT2D eigenvalue weighted by Gasteiger charge is 2.27. The Kier molecular flexibility index (Phi) is 4.52. The first-order valence-corrected chi connectivity index (χ1v) is 6.97. The summed E-state index contributed by atoms with van der Waals surface area (Å²) in [6, 6.07) is 0.321. The molecule has 1 aliphatic heterocycles. The van der Waals surface area contributed by atoms with Crippen LogP contribution in [0.25, 0.3) is 0 Å². The second-order valence-electron chi connectivity index (χ2n) is 5.43. The highest BCUT2D eigenvalue weighted by Crippen LogP contribution is 2.14. The lowest BCUT2D eigenvalue weighted by molar-refractivity contribution is -0.136. The van der Waals surface area contributed by atoms with Crippen LogP contribution < -0.4 is 5.32 Å². The molecule has 0 aliphatic carbocycles. The van der Waals surface area contributed by atoms with Gasteiger partial charge >= 0.3 is 0 Å². The summed E-state index contributed by atoms with van der Waals surface area (Å²) < 4.78 is 1.61. The van der Waals surface area contributed by atoms with Crippen molar-refractivity contribution in [1.29, 1.82) is 0 Å².